The zero-order valence-electron chi connectivity index (χ0n) is 15.3. The molecule has 2 amide bonds. The number of carbonyl (C=O) groups is 1. The van der Waals surface area contributed by atoms with Crippen LogP contribution in [-0.4, -0.2) is 48.8 Å². The standard InChI is InChI=1S/C20H31N3O2/c1-22(17-11-9-16(15-24)10-12-17)20(25)21-18-7-3-4-8-19(18)23-13-5-2-6-14-23/h3-4,7-8,16-17,24H,2,5-6,9-15H2,1H3,(H,21,25). The Morgan fingerprint density at radius 2 is 1.84 bits per heavy atom. The first-order chi connectivity index (χ1) is 12.2. The van der Waals surface area contributed by atoms with Crippen molar-refractivity contribution in [3.8, 4) is 0 Å². The Balaban J connectivity index is 1.62. The van der Waals surface area contributed by atoms with Crippen molar-refractivity contribution in [3.05, 3.63) is 24.3 Å². The number of benzene rings is 1. The lowest BCUT2D eigenvalue weighted by atomic mass is 9.86. The highest BCUT2D eigenvalue weighted by Gasteiger charge is 2.26. The van der Waals surface area contributed by atoms with Crippen LogP contribution in [0, 0.1) is 5.92 Å². The molecule has 138 valence electrons. The van der Waals surface area contributed by atoms with Gasteiger partial charge in [0.05, 0.1) is 11.4 Å². The van der Waals surface area contributed by atoms with E-state index >= 15 is 0 Å². The summed E-state index contributed by atoms with van der Waals surface area (Å²) in [5.41, 5.74) is 2.04. The number of para-hydroxylation sites is 2. The van der Waals surface area contributed by atoms with Gasteiger partial charge in [0, 0.05) is 32.8 Å². The van der Waals surface area contributed by atoms with Crippen molar-refractivity contribution >= 4 is 17.4 Å². The van der Waals surface area contributed by atoms with Crippen molar-refractivity contribution in [2.75, 3.05) is 37.0 Å². The van der Waals surface area contributed by atoms with Crippen molar-refractivity contribution < 1.29 is 9.90 Å². The smallest absolute Gasteiger partial charge is 0.321 e. The fraction of sp³-hybridized carbons (Fsp3) is 0.650. The number of amides is 2. The van der Waals surface area contributed by atoms with Gasteiger partial charge in [-0.15, -0.1) is 0 Å². The van der Waals surface area contributed by atoms with Crippen LogP contribution >= 0.6 is 0 Å². The zero-order valence-corrected chi connectivity index (χ0v) is 15.3. The zero-order chi connectivity index (χ0) is 17.6. The molecule has 5 heteroatoms. The number of carbonyl (C=O) groups excluding carboxylic acids is 1. The van der Waals surface area contributed by atoms with Crippen LogP contribution in [0.2, 0.25) is 0 Å². The van der Waals surface area contributed by atoms with Gasteiger partial charge >= 0.3 is 6.03 Å². The Kier molecular flexibility index (Phi) is 6.19. The maximum atomic E-state index is 12.7. The summed E-state index contributed by atoms with van der Waals surface area (Å²) in [4.78, 5) is 17.0. The first-order valence-electron chi connectivity index (χ1n) is 9.67. The number of aliphatic hydroxyl groups excluding tert-OH is 1. The van der Waals surface area contributed by atoms with Crippen molar-refractivity contribution in [2.45, 2.75) is 51.0 Å². The summed E-state index contributed by atoms with van der Waals surface area (Å²) in [6, 6.07) is 8.36. The number of hydrogen-bond acceptors (Lipinski definition) is 3. The van der Waals surface area contributed by atoms with Gasteiger partial charge in [0.25, 0.3) is 0 Å². The molecule has 3 rings (SSSR count). The van der Waals surface area contributed by atoms with Crippen LogP contribution in [0.1, 0.15) is 44.9 Å². The van der Waals surface area contributed by atoms with Crippen LogP contribution in [0.3, 0.4) is 0 Å². The van der Waals surface area contributed by atoms with Gasteiger partial charge in [0.15, 0.2) is 0 Å². The molecule has 0 atom stereocenters. The Bertz CT molecular complexity index is 564. The van der Waals surface area contributed by atoms with Crippen molar-refractivity contribution in [3.63, 3.8) is 0 Å². The van der Waals surface area contributed by atoms with E-state index < -0.39 is 0 Å². The predicted molar refractivity (Wildman–Crippen MR) is 102 cm³/mol. The van der Waals surface area contributed by atoms with Gasteiger partial charge in [-0.05, 0) is 63.0 Å². The fourth-order valence-electron chi connectivity index (χ4n) is 4.07. The SMILES string of the molecule is CN(C(=O)Nc1ccccc1N1CCCCC1)C1CCC(CO)CC1. The van der Waals surface area contributed by atoms with Gasteiger partial charge in [0.2, 0.25) is 0 Å². The van der Waals surface area contributed by atoms with Crippen LogP contribution in [0.15, 0.2) is 24.3 Å². The third-order valence-corrected chi connectivity index (χ3v) is 5.78. The first-order valence-corrected chi connectivity index (χ1v) is 9.67. The first kappa shape index (κ1) is 18.1. The second-order valence-electron chi connectivity index (χ2n) is 7.46. The highest BCUT2D eigenvalue weighted by atomic mass is 16.3. The molecule has 0 bridgehead atoms. The number of hydrogen-bond donors (Lipinski definition) is 2. The minimum atomic E-state index is -0.0306. The van der Waals surface area contributed by atoms with E-state index in [0.717, 1.165) is 50.1 Å². The van der Waals surface area contributed by atoms with E-state index in [0.29, 0.717) is 5.92 Å². The van der Waals surface area contributed by atoms with Gasteiger partial charge in [-0.3, -0.25) is 0 Å². The second kappa shape index (κ2) is 8.56. The van der Waals surface area contributed by atoms with Crippen LogP contribution in [0.25, 0.3) is 0 Å². The molecule has 1 saturated carbocycles. The normalized spacial score (nSPS) is 24.0. The topological polar surface area (TPSA) is 55.8 Å². The quantitative estimate of drug-likeness (QED) is 0.875. The molecule has 1 aromatic rings. The van der Waals surface area contributed by atoms with E-state index in [2.05, 4.69) is 16.3 Å². The predicted octanol–water partition coefficient (Wildman–Crippen LogP) is 3.69. The largest absolute Gasteiger partial charge is 0.396 e. The van der Waals surface area contributed by atoms with Gasteiger partial charge in [-0.1, -0.05) is 12.1 Å². The average Bonchev–Trinajstić information content (AvgIpc) is 2.68. The minimum absolute atomic E-state index is 0.0306. The minimum Gasteiger partial charge on any atom is -0.396 e. The van der Waals surface area contributed by atoms with Crippen LogP contribution in [0.4, 0.5) is 16.2 Å². The summed E-state index contributed by atoms with van der Waals surface area (Å²) in [5.74, 6) is 0.410. The summed E-state index contributed by atoms with van der Waals surface area (Å²) in [5, 5.41) is 12.4. The van der Waals surface area contributed by atoms with E-state index in [4.69, 9.17) is 0 Å². The summed E-state index contributed by atoms with van der Waals surface area (Å²) in [6.07, 6.45) is 7.69. The number of nitrogens with zero attached hydrogens (tertiary/aromatic N) is 2. The van der Waals surface area contributed by atoms with E-state index in [1.54, 1.807) is 0 Å². The van der Waals surface area contributed by atoms with E-state index in [-0.39, 0.29) is 18.7 Å². The molecule has 5 nitrogen and oxygen atoms in total. The third-order valence-electron chi connectivity index (χ3n) is 5.78. The molecule has 2 fully saturated rings. The van der Waals surface area contributed by atoms with Crippen LogP contribution in [0.5, 0.6) is 0 Å². The summed E-state index contributed by atoms with van der Waals surface area (Å²) in [7, 11) is 1.89. The lowest BCUT2D eigenvalue weighted by molar-refractivity contribution is 0.139. The van der Waals surface area contributed by atoms with Gasteiger partial charge < -0.3 is 20.2 Å². The molecular formula is C20H31N3O2. The molecule has 0 spiro atoms. The Labute approximate surface area is 151 Å². The molecule has 1 aliphatic heterocycles. The van der Waals surface area contributed by atoms with Crippen molar-refractivity contribution in [1.82, 2.24) is 4.90 Å². The van der Waals surface area contributed by atoms with Gasteiger partial charge in [-0.2, -0.15) is 0 Å². The molecule has 1 aromatic carbocycles. The molecule has 25 heavy (non-hydrogen) atoms. The molecule has 0 aromatic heterocycles. The maximum Gasteiger partial charge on any atom is 0.321 e. The van der Waals surface area contributed by atoms with Gasteiger partial charge in [0.1, 0.15) is 0 Å². The molecule has 1 heterocycles. The molecule has 2 aliphatic rings. The molecule has 0 radical (unpaired) electrons. The number of aliphatic hydroxyl groups is 1. The third kappa shape index (κ3) is 4.46. The lowest BCUT2D eigenvalue weighted by Crippen LogP contribution is -2.42. The molecule has 2 N–H and O–H groups in total. The van der Waals surface area contributed by atoms with Crippen LogP contribution in [-0.2, 0) is 0 Å². The van der Waals surface area contributed by atoms with Crippen LogP contribution < -0.4 is 10.2 Å². The molecule has 0 unspecified atom stereocenters. The van der Waals surface area contributed by atoms with E-state index in [1.165, 1.54) is 19.3 Å². The Morgan fingerprint density at radius 3 is 2.52 bits per heavy atom. The van der Waals surface area contributed by atoms with Crippen molar-refractivity contribution in [1.29, 1.82) is 0 Å². The molecule has 1 aliphatic carbocycles. The summed E-state index contributed by atoms with van der Waals surface area (Å²) < 4.78 is 0. The molecule has 1 saturated heterocycles. The van der Waals surface area contributed by atoms with Gasteiger partial charge in [-0.25, -0.2) is 4.79 Å². The highest BCUT2D eigenvalue weighted by molar-refractivity contribution is 5.93. The number of piperidine rings is 1. The number of nitrogens with one attached hydrogen (secondary N) is 1. The maximum absolute atomic E-state index is 12.7. The van der Waals surface area contributed by atoms with Crippen molar-refractivity contribution in [2.24, 2.45) is 5.92 Å². The average molecular weight is 345 g/mol. The fourth-order valence-corrected chi connectivity index (χ4v) is 4.07. The summed E-state index contributed by atoms with van der Waals surface area (Å²) in [6.45, 7) is 2.40. The highest BCUT2D eigenvalue weighted by Crippen LogP contribution is 2.30. The molecular weight excluding hydrogens is 314 g/mol. The Hall–Kier alpha value is -1.75. The number of urea groups is 1. The monoisotopic (exact) mass is 345 g/mol. The van der Waals surface area contributed by atoms with E-state index in [1.807, 2.05) is 30.1 Å². The number of anilines is 2. The van der Waals surface area contributed by atoms with E-state index in [9.17, 15) is 9.90 Å². The second-order valence-corrected chi connectivity index (χ2v) is 7.46. The Morgan fingerprint density at radius 1 is 1.16 bits per heavy atom. The summed E-state index contributed by atoms with van der Waals surface area (Å²) >= 11 is 0. The number of rotatable bonds is 4. The lowest BCUT2D eigenvalue weighted by Gasteiger charge is -2.35.